The van der Waals surface area contributed by atoms with E-state index >= 15 is 0 Å². The summed E-state index contributed by atoms with van der Waals surface area (Å²) in [5.41, 5.74) is 2.63. The Labute approximate surface area is 202 Å². The van der Waals surface area contributed by atoms with Gasteiger partial charge in [-0.3, -0.25) is 9.59 Å². The molecule has 184 valence electrons. The van der Waals surface area contributed by atoms with E-state index in [1.165, 1.54) is 6.42 Å². The SMILES string of the molecule is CCCCCCCC(=O)OC[C@H](CO)OC(=O)CCCc1ccc(N=Nc2ccccc2)cc1. The molecule has 2 rings (SSSR count). The number of rotatable bonds is 16. The fraction of sp³-hybridized carbons (Fsp3) is 0.481. The summed E-state index contributed by atoms with van der Waals surface area (Å²) in [4.78, 5) is 23.9. The molecule has 0 aliphatic rings. The van der Waals surface area contributed by atoms with E-state index in [4.69, 9.17) is 9.47 Å². The third-order valence-corrected chi connectivity index (χ3v) is 5.24. The normalized spacial score (nSPS) is 11.9. The van der Waals surface area contributed by atoms with E-state index in [1.54, 1.807) is 0 Å². The fourth-order valence-electron chi connectivity index (χ4n) is 3.28. The van der Waals surface area contributed by atoms with Crippen molar-refractivity contribution >= 4 is 23.3 Å². The van der Waals surface area contributed by atoms with Crippen molar-refractivity contribution in [3.8, 4) is 0 Å². The number of carbonyl (C=O) groups is 2. The van der Waals surface area contributed by atoms with E-state index < -0.39 is 12.1 Å². The first-order valence-electron chi connectivity index (χ1n) is 12.1. The average molecular weight is 469 g/mol. The number of carbonyl (C=O) groups excluding carboxylic acids is 2. The lowest BCUT2D eigenvalue weighted by molar-refractivity contribution is -0.161. The zero-order chi connectivity index (χ0) is 24.4. The zero-order valence-corrected chi connectivity index (χ0v) is 20.0. The number of aliphatic hydroxyl groups is 1. The van der Waals surface area contributed by atoms with Gasteiger partial charge in [0.1, 0.15) is 6.61 Å². The minimum Gasteiger partial charge on any atom is -0.462 e. The van der Waals surface area contributed by atoms with Gasteiger partial charge < -0.3 is 14.6 Å². The van der Waals surface area contributed by atoms with Crippen molar-refractivity contribution < 1.29 is 24.2 Å². The molecule has 0 unspecified atom stereocenters. The number of hydrogen-bond acceptors (Lipinski definition) is 7. The maximum atomic E-state index is 12.1. The van der Waals surface area contributed by atoms with E-state index in [0.29, 0.717) is 19.3 Å². The molecule has 2 aromatic rings. The molecule has 0 heterocycles. The first-order chi connectivity index (χ1) is 16.6. The minimum atomic E-state index is -0.828. The largest absolute Gasteiger partial charge is 0.462 e. The topological polar surface area (TPSA) is 97.6 Å². The van der Waals surface area contributed by atoms with E-state index in [9.17, 15) is 14.7 Å². The van der Waals surface area contributed by atoms with Crippen molar-refractivity contribution in [3.63, 3.8) is 0 Å². The van der Waals surface area contributed by atoms with Crippen LogP contribution in [0.4, 0.5) is 11.4 Å². The van der Waals surface area contributed by atoms with Crippen LogP contribution in [0, 0.1) is 0 Å². The van der Waals surface area contributed by atoms with Gasteiger partial charge in [-0.1, -0.05) is 62.9 Å². The first kappa shape index (κ1) is 27.2. The highest BCUT2D eigenvalue weighted by Crippen LogP contribution is 2.19. The molecule has 0 spiro atoms. The Hall–Kier alpha value is -3.06. The lowest BCUT2D eigenvalue weighted by atomic mass is 10.1. The minimum absolute atomic E-state index is 0.116. The number of aryl methyl sites for hydroxylation is 1. The molecule has 0 fully saturated rings. The Morgan fingerprint density at radius 1 is 0.824 bits per heavy atom. The molecule has 34 heavy (non-hydrogen) atoms. The number of ether oxygens (including phenoxy) is 2. The summed E-state index contributed by atoms with van der Waals surface area (Å²) in [6, 6.07) is 17.2. The number of aliphatic hydroxyl groups excluding tert-OH is 1. The summed E-state index contributed by atoms with van der Waals surface area (Å²) in [6.07, 6.45) is 6.30. The smallest absolute Gasteiger partial charge is 0.306 e. The van der Waals surface area contributed by atoms with E-state index in [0.717, 1.165) is 42.6 Å². The van der Waals surface area contributed by atoms with Gasteiger partial charge in [-0.15, -0.1) is 0 Å². The standard InChI is InChI=1S/C27H36N2O5/c1-2-3-4-5-9-14-26(31)33-21-25(20-30)34-27(32)15-10-11-22-16-18-24(19-17-22)29-28-23-12-7-6-8-13-23/h6-8,12-13,16-19,25,30H,2-5,9-11,14-15,20-21H2,1H3/t25-/m0/s1. The Balaban J connectivity index is 1.63. The highest BCUT2D eigenvalue weighted by atomic mass is 16.6. The summed E-state index contributed by atoms with van der Waals surface area (Å²) in [5.74, 6) is -0.735. The quantitative estimate of drug-likeness (QED) is 0.179. The lowest BCUT2D eigenvalue weighted by Gasteiger charge is -2.15. The number of unbranched alkanes of at least 4 members (excludes halogenated alkanes) is 4. The third-order valence-electron chi connectivity index (χ3n) is 5.24. The first-order valence-corrected chi connectivity index (χ1v) is 12.1. The van der Waals surface area contributed by atoms with Crippen molar-refractivity contribution in [1.29, 1.82) is 0 Å². The Morgan fingerprint density at radius 2 is 1.47 bits per heavy atom. The van der Waals surface area contributed by atoms with Crippen molar-refractivity contribution in [1.82, 2.24) is 0 Å². The van der Waals surface area contributed by atoms with Gasteiger partial charge in [0.15, 0.2) is 6.10 Å². The number of esters is 2. The Morgan fingerprint density at radius 3 is 2.15 bits per heavy atom. The monoisotopic (exact) mass is 468 g/mol. The van der Waals surface area contributed by atoms with Crippen molar-refractivity contribution in [2.45, 2.75) is 70.8 Å². The summed E-state index contributed by atoms with van der Waals surface area (Å²) < 4.78 is 10.4. The van der Waals surface area contributed by atoms with Crippen LogP contribution < -0.4 is 0 Å². The van der Waals surface area contributed by atoms with Crippen LogP contribution in [0.15, 0.2) is 64.8 Å². The van der Waals surface area contributed by atoms with E-state index in [2.05, 4.69) is 17.2 Å². The number of azo groups is 1. The molecule has 0 amide bonds. The van der Waals surface area contributed by atoms with Crippen molar-refractivity contribution in [2.75, 3.05) is 13.2 Å². The molecule has 7 nitrogen and oxygen atoms in total. The predicted octanol–water partition coefficient (Wildman–Crippen LogP) is 6.23. The number of benzene rings is 2. The van der Waals surface area contributed by atoms with Crippen LogP contribution >= 0.6 is 0 Å². The molecule has 0 aliphatic heterocycles. The summed E-state index contributed by atoms with van der Waals surface area (Å²) >= 11 is 0. The summed E-state index contributed by atoms with van der Waals surface area (Å²) in [5, 5.41) is 17.8. The van der Waals surface area contributed by atoms with Crippen molar-refractivity contribution in [2.24, 2.45) is 10.2 Å². The maximum absolute atomic E-state index is 12.1. The van der Waals surface area contributed by atoms with Gasteiger partial charge in [-0.25, -0.2) is 0 Å². The van der Waals surface area contributed by atoms with Crippen LogP contribution in [0.5, 0.6) is 0 Å². The molecule has 7 heteroatoms. The van der Waals surface area contributed by atoms with Gasteiger partial charge >= 0.3 is 11.9 Å². The third kappa shape index (κ3) is 11.7. The number of hydrogen-bond donors (Lipinski definition) is 1. The van der Waals surface area contributed by atoms with E-state index in [1.807, 2.05) is 54.6 Å². The van der Waals surface area contributed by atoms with Gasteiger partial charge in [0.05, 0.1) is 18.0 Å². The predicted molar refractivity (Wildman–Crippen MR) is 131 cm³/mol. The highest BCUT2D eigenvalue weighted by Gasteiger charge is 2.16. The molecule has 1 N–H and O–H groups in total. The second-order valence-corrected chi connectivity index (χ2v) is 8.20. The van der Waals surface area contributed by atoms with Crippen LogP contribution in [-0.4, -0.2) is 36.4 Å². The van der Waals surface area contributed by atoms with Crippen LogP contribution in [0.25, 0.3) is 0 Å². The van der Waals surface area contributed by atoms with Crippen LogP contribution in [0.1, 0.15) is 63.9 Å². The van der Waals surface area contributed by atoms with Crippen LogP contribution in [0.2, 0.25) is 0 Å². The molecule has 0 bridgehead atoms. The maximum Gasteiger partial charge on any atom is 0.306 e. The molecule has 0 saturated carbocycles. The van der Waals surface area contributed by atoms with Gasteiger partial charge in [-0.05, 0) is 49.1 Å². The second kappa shape index (κ2) is 16.5. The summed E-state index contributed by atoms with van der Waals surface area (Å²) in [6.45, 7) is 1.65. The van der Waals surface area contributed by atoms with Crippen molar-refractivity contribution in [3.05, 3.63) is 60.2 Å². The lowest BCUT2D eigenvalue weighted by Crippen LogP contribution is -2.28. The van der Waals surface area contributed by atoms with Gasteiger partial charge in [-0.2, -0.15) is 10.2 Å². The van der Waals surface area contributed by atoms with Crippen LogP contribution in [-0.2, 0) is 25.5 Å². The molecule has 1 atom stereocenters. The molecule has 0 radical (unpaired) electrons. The Kier molecular flexibility index (Phi) is 13.2. The zero-order valence-electron chi connectivity index (χ0n) is 20.0. The van der Waals surface area contributed by atoms with E-state index in [-0.39, 0.29) is 25.6 Å². The second-order valence-electron chi connectivity index (χ2n) is 8.20. The summed E-state index contributed by atoms with van der Waals surface area (Å²) in [7, 11) is 0. The molecule has 0 saturated heterocycles. The number of nitrogens with zero attached hydrogens (tertiary/aromatic N) is 2. The van der Waals surface area contributed by atoms with Gasteiger partial charge in [0.2, 0.25) is 0 Å². The molecular formula is C27H36N2O5. The Bertz CT molecular complexity index is 868. The molecular weight excluding hydrogens is 432 g/mol. The molecule has 0 aliphatic carbocycles. The average Bonchev–Trinajstić information content (AvgIpc) is 2.86. The molecule has 2 aromatic carbocycles. The fourth-order valence-corrected chi connectivity index (χ4v) is 3.28. The van der Waals surface area contributed by atoms with Gasteiger partial charge in [0.25, 0.3) is 0 Å². The van der Waals surface area contributed by atoms with Gasteiger partial charge in [0, 0.05) is 12.8 Å². The van der Waals surface area contributed by atoms with Crippen LogP contribution in [0.3, 0.4) is 0 Å². The highest BCUT2D eigenvalue weighted by molar-refractivity contribution is 5.70. The molecule has 0 aromatic heterocycles.